The average Bonchev–Trinajstić information content (AvgIpc) is 3.88. The van der Waals surface area contributed by atoms with E-state index in [-0.39, 0.29) is 212 Å². The van der Waals surface area contributed by atoms with Gasteiger partial charge < -0.3 is 28.4 Å². The third-order valence-electron chi connectivity index (χ3n) is 23.9. The number of hydrogen-bond acceptors (Lipinski definition) is 18. The maximum absolute atomic E-state index is 12.4. The Morgan fingerprint density at radius 3 is 1.50 bits per heavy atom. The van der Waals surface area contributed by atoms with Gasteiger partial charge in [-0.3, -0.25) is 16.7 Å². The molecule has 18 nitrogen and oxygen atoms in total. The number of aliphatic hydroxyl groups excluding tert-OH is 2. The van der Waals surface area contributed by atoms with Crippen LogP contribution in [0, 0.1) is 110 Å². The van der Waals surface area contributed by atoms with Crippen molar-refractivity contribution in [3.8, 4) is 0 Å². The van der Waals surface area contributed by atoms with Gasteiger partial charge in [-0.2, -0.15) is 0 Å². The van der Waals surface area contributed by atoms with E-state index in [0.29, 0.717) is 56.3 Å². The van der Waals surface area contributed by atoms with Gasteiger partial charge in [-0.25, -0.2) is 33.7 Å². The van der Waals surface area contributed by atoms with Crippen molar-refractivity contribution in [1.82, 2.24) is 0 Å². The molecular weight excluding hydrogens is 1160 g/mol. The predicted octanol–water partition coefficient (Wildman–Crippen LogP) is -4.31. The molecule has 0 radical (unpaired) electrons. The molecule has 9 fully saturated rings. The summed E-state index contributed by atoms with van der Waals surface area (Å²) >= 11 is 0. The molecule has 436 valence electrons. The second kappa shape index (κ2) is 26.2. The molecule has 0 aromatic carbocycles. The number of aliphatic hydroxyl groups is 2. The molecule has 0 amide bonds. The van der Waals surface area contributed by atoms with E-state index in [1.54, 1.807) is 6.92 Å². The molecule has 0 spiro atoms. The number of allylic oxidation sites excluding steroid dienone is 3. The molecule has 9 aliphatic carbocycles. The quantitative estimate of drug-likeness (QED) is 0.0678. The molecule has 0 aromatic rings. The van der Waals surface area contributed by atoms with Crippen LogP contribution in [0.15, 0.2) is 24.3 Å². The van der Waals surface area contributed by atoms with Crippen LogP contribution in [0.5, 0.6) is 0 Å². The van der Waals surface area contributed by atoms with Gasteiger partial charge in [0.25, 0.3) is 0 Å². The van der Waals surface area contributed by atoms with Crippen molar-refractivity contribution in [3.05, 3.63) is 24.3 Å². The van der Waals surface area contributed by atoms with Crippen LogP contribution in [0.3, 0.4) is 0 Å². The first-order valence-corrected chi connectivity index (χ1v) is 33.5. The molecular formula is C54H84Na4O18S4. The normalized spacial score (nSPS) is 45.3. The molecule has 80 heavy (non-hydrogen) atoms. The molecule has 2 N–H and O–H groups in total. The van der Waals surface area contributed by atoms with Crippen molar-refractivity contribution in [2.24, 2.45) is 110 Å². The van der Waals surface area contributed by atoms with Gasteiger partial charge in [-0.05, 0) is 219 Å². The van der Waals surface area contributed by atoms with Crippen LogP contribution >= 0.6 is 0 Å². The molecule has 24 atom stereocenters. The SMILES string of the molecule is C=C1CC(C)(C)[C@@H](/C=C/[C@@H](C)[C@H]2CC[C@H]3[C@@H]4C[C@H](OS(=O)(=O)[O-])[C@H]5C[C@@H](O)CC[C@]5(C)[C@H]4CC[C@]23C)[C@H]1CC(O)[C@@H](C)[C@H]1CC[C@H]2[C@@H]3C[C@H](OS(=O)(=O)[O-])[C@H]4C[C@H](OS(=O)(=O)[O-])[C@@H](OS(=O)(=O)[O-])C[C@]4(C)[C@H]3CC[C@]12C.[Na+].[Na+].[Na+].[Na+]. The topological polar surface area (TPSA) is 306 Å². The molecule has 0 saturated heterocycles. The molecule has 0 aliphatic heterocycles. The summed E-state index contributed by atoms with van der Waals surface area (Å²) in [5.74, 6) is 0.0765. The summed E-state index contributed by atoms with van der Waals surface area (Å²) in [6, 6.07) is 0. The Kier molecular flexibility index (Phi) is 24.1. The fourth-order valence-corrected chi connectivity index (χ4v) is 22.9. The Morgan fingerprint density at radius 1 is 0.562 bits per heavy atom. The number of fused-ring (bicyclic) bond motifs is 10. The van der Waals surface area contributed by atoms with Crippen LogP contribution in [0.25, 0.3) is 0 Å². The van der Waals surface area contributed by atoms with Gasteiger partial charge >= 0.3 is 118 Å². The van der Waals surface area contributed by atoms with Crippen LogP contribution in [0.2, 0.25) is 0 Å². The maximum atomic E-state index is 12.4. The molecule has 0 bridgehead atoms. The first-order valence-electron chi connectivity index (χ1n) is 28.2. The van der Waals surface area contributed by atoms with Crippen LogP contribution in [-0.2, 0) is 58.3 Å². The standard InChI is InChI=1S/C54H88O18S4.4Na/c1-29(36-12-14-39-34-24-46(69-73(57,58)59)43-22-32(55)16-19-53(43,8)41(34)17-20-51(36,39)6)10-11-38-33(30(2)27-50(38,4)5)23-45(56)31(3)37-13-15-40-35-25-47(70-74(60,61)62)44-26-48(71-75(63,64)65)49(72-76(66,67)68)28-54(44,9)42(35)18-21-52(37,40)7;;;;/h10-11,29,31-49,55-56H,2,12-28H2,1,3-9H3,(H,57,58,59)(H,60,61,62)(H,63,64,65)(H,66,67,68);;;;/q;4*+1/p-4/b11-10+;;;;/t29-,31+,32+,33+,34+,35+,36-,37-,38+,39+,40+,41+,42+,43-,44-,45?,46+,47+,48+,49+,51-,52-,53-,54-;;;;/m1..../s1. The number of rotatable bonds is 15. The number of hydrogen-bond donors (Lipinski definition) is 2. The molecule has 9 aliphatic rings. The smallest absolute Gasteiger partial charge is 0.726 e. The average molecular weight is 1240 g/mol. The van der Waals surface area contributed by atoms with Crippen LogP contribution in [-0.4, -0.2) is 98.7 Å². The summed E-state index contributed by atoms with van der Waals surface area (Å²) in [6.45, 7) is 22.3. The Bertz CT molecular complexity index is 2720. The van der Waals surface area contributed by atoms with E-state index in [4.69, 9.17) is 16.7 Å². The van der Waals surface area contributed by atoms with E-state index in [1.165, 1.54) is 0 Å². The van der Waals surface area contributed by atoms with Crippen molar-refractivity contribution in [1.29, 1.82) is 0 Å². The van der Waals surface area contributed by atoms with Crippen molar-refractivity contribution < 1.29 is 197 Å². The minimum Gasteiger partial charge on any atom is -0.726 e. The zero-order valence-electron chi connectivity index (χ0n) is 49.5. The molecule has 9 saturated carbocycles. The summed E-state index contributed by atoms with van der Waals surface area (Å²) in [4.78, 5) is 0. The Balaban J connectivity index is 0.00000294. The second-order valence-electron chi connectivity index (χ2n) is 27.8. The van der Waals surface area contributed by atoms with Gasteiger partial charge in [0, 0.05) is 0 Å². The minimum atomic E-state index is -5.44. The fraction of sp³-hybridized carbons (Fsp3) is 0.926. The van der Waals surface area contributed by atoms with E-state index in [0.717, 1.165) is 56.9 Å². The van der Waals surface area contributed by atoms with Crippen molar-refractivity contribution >= 4 is 41.6 Å². The Hall–Kier alpha value is 2.88. The fourth-order valence-electron chi connectivity index (χ4n) is 20.8. The molecule has 26 heteroatoms. The van der Waals surface area contributed by atoms with E-state index in [9.17, 15) is 62.1 Å². The van der Waals surface area contributed by atoms with Gasteiger partial charge in [-0.1, -0.05) is 79.7 Å². The van der Waals surface area contributed by atoms with Crippen molar-refractivity contribution in [2.75, 3.05) is 0 Å². The largest absolute Gasteiger partial charge is 1.00 e. The van der Waals surface area contributed by atoms with E-state index in [2.05, 4.69) is 67.2 Å². The zero-order valence-corrected chi connectivity index (χ0v) is 60.8. The van der Waals surface area contributed by atoms with E-state index < -0.39 is 96.0 Å². The van der Waals surface area contributed by atoms with Gasteiger partial charge in [0.05, 0.1) is 24.4 Å². The summed E-state index contributed by atoms with van der Waals surface area (Å²) in [5.41, 5.74) is -0.582. The minimum absolute atomic E-state index is 0. The molecule has 0 aromatic heterocycles. The third-order valence-corrected chi connectivity index (χ3v) is 25.8. The van der Waals surface area contributed by atoms with Gasteiger partial charge in [-0.15, -0.1) is 0 Å². The van der Waals surface area contributed by atoms with Crippen LogP contribution < -0.4 is 118 Å². The molecule has 9 rings (SSSR count). The third kappa shape index (κ3) is 14.6. The Morgan fingerprint density at radius 2 is 0.988 bits per heavy atom. The second-order valence-corrected chi connectivity index (χ2v) is 31.8. The summed E-state index contributed by atoms with van der Waals surface area (Å²) in [6.07, 6.45) is 8.28. The van der Waals surface area contributed by atoms with Crippen molar-refractivity contribution in [2.45, 2.75) is 201 Å². The summed E-state index contributed by atoms with van der Waals surface area (Å²) in [7, 11) is -21.1. The first kappa shape index (κ1) is 73.6. The van der Waals surface area contributed by atoms with Crippen molar-refractivity contribution in [3.63, 3.8) is 0 Å². The summed E-state index contributed by atoms with van der Waals surface area (Å²) < 4.78 is 165. The Labute approximate surface area is 567 Å². The van der Waals surface area contributed by atoms with Gasteiger partial charge in [0.15, 0.2) is 0 Å². The monoisotopic (exact) mass is 1240 g/mol. The summed E-state index contributed by atoms with van der Waals surface area (Å²) in [5, 5.41) is 23.1. The first-order chi connectivity index (χ1) is 34.9. The van der Waals surface area contributed by atoms with Gasteiger partial charge in [0.2, 0.25) is 41.6 Å². The van der Waals surface area contributed by atoms with Gasteiger partial charge in [0.1, 0.15) is 12.2 Å². The molecule has 1 unspecified atom stereocenters. The van der Waals surface area contributed by atoms with Crippen LogP contribution in [0.1, 0.15) is 165 Å². The maximum Gasteiger partial charge on any atom is 1.00 e. The molecule has 0 heterocycles. The predicted molar refractivity (Wildman–Crippen MR) is 273 cm³/mol. The zero-order chi connectivity index (χ0) is 55.9. The van der Waals surface area contributed by atoms with E-state index >= 15 is 0 Å². The van der Waals surface area contributed by atoms with E-state index in [1.807, 2.05) is 0 Å². The van der Waals surface area contributed by atoms with Crippen LogP contribution in [0.4, 0.5) is 0 Å².